The van der Waals surface area contributed by atoms with Gasteiger partial charge in [0.1, 0.15) is 0 Å². The normalized spacial score (nSPS) is 18.9. The monoisotopic (exact) mass is 245 g/mol. The summed E-state index contributed by atoms with van der Waals surface area (Å²) in [6.07, 6.45) is 2.82. The lowest BCUT2D eigenvalue weighted by Crippen LogP contribution is -2.21. The molecular weight excluding hydrogens is 234 g/mol. The molecule has 0 amide bonds. The average Bonchev–Trinajstić information content (AvgIpc) is 2.83. The van der Waals surface area contributed by atoms with Crippen LogP contribution in [0.15, 0.2) is 23.1 Å². The van der Waals surface area contributed by atoms with E-state index in [1.54, 1.807) is 12.1 Å². The third kappa shape index (κ3) is 2.02. The van der Waals surface area contributed by atoms with Crippen molar-refractivity contribution in [3.8, 4) is 0 Å². The molecular formula is C10H12ClNO2S. The molecule has 1 aliphatic carbocycles. The highest BCUT2D eigenvalue weighted by Crippen LogP contribution is 2.45. The Morgan fingerprint density at radius 3 is 2.47 bits per heavy atom. The molecule has 0 atom stereocenters. The van der Waals surface area contributed by atoms with Crippen molar-refractivity contribution in [2.24, 2.45) is 5.73 Å². The molecule has 0 aromatic heterocycles. The Labute approximate surface area is 94.2 Å². The van der Waals surface area contributed by atoms with E-state index in [4.69, 9.17) is 17.3 Å². The minimum atomic E-state index is -3.23. The molecule has 1 fully saturated rings. The molecule has 0 saturated heterocycles. The highest BCUT2D eigenvalue weighted by atomic mass is 35.5. The molecule has 1 saturated carbocycles. The summed E-state index contributed by atoms with van der Waals surface area (Å²) in [5.74, 6) is 0. The Hall–Kier alpha value is -0.580. The summed E-state index contributed by atoms with van der Waals surface area (Å²) in [4.78, 5) is 0.298. The molecule has 1 aliphatic rings. The maximum atomic E-state index is 11.5. The lowest BCUT2D eigenvalue weighted by atomic mass is 10.1. The van der Waals surface area contributed by atoms with E-state index in [9.17, 15) is 8.42 Å². The van der Waals surface area contributed by atoms with Crippen LogP contribution in [0.5, 0.6) is 0 Å². The number of hydrogen-bond donors (Lipinski definition) is 1. The second-order valence-corrected chi connectivity index (χ2v) is 6.49. The maximum absolute atomic E-state index is 11.5. The van der Waals surface area contributed by atoms with Crippen molar-refractivity contribution in [3.05, 3.63) is 28.8 Å². The number of sulfone groups is 1. The van der Waals surface area contributed by atoms with Gasteiger partial charge in [-0.15, -0.1) is 0 Å². The van der Waals surface area contributed by atoms with Gasteiger partial charge in [-0.2, -0.15) is 0 Å². The summed E-state index contributed by atoms with van der Waals surface area (Å²) < 4.78 is 23.1. The van der Waals surface area contributed by atoms with Gasteiger partial charge in [0.2, 0.25) is 0 Å². The molecule has 0 heterocycles. The van der Waals surface area contributed by atoms with Gasteiger partial charge < -0.3 is 5.73 Å². The molecule has 0 bridgehead atoms. The highest BCUT2D eigenvalue weighted by molar-refractivity contribution is 7.90. The summed E-state index contributed by atoms with van der Waals surface area (Å²) in [7, 11) is -3.23. The fourth-order valence-electron chi connectivity index (χ4n) is 1.62. The van der Waals surface area contributed by atoms with Gasteiger partial charge in [0, 0.05) is 16.8 Å². The zero-order valence-electron chi connectivity index (χ0n) is 8.33. The Morgan fingerprint density at radius 2 is 2.00 bits per heavy atom. The first-order valence-corrected chi connectivity index (χ1v) is 6.89. The molecule has 0 spiro atoms. The van der Waals surface area contributed by atoms with Crippen LogP contribution in [0.3, 0.4) is 0 Å². The van der Waals surface area contributed by atoms with Crippen LogP contribution in [0.1, 0.15) is 18.4 Å². The van der Waals surface area contributed by atoms with Gasteiger partial charge in [0.15, 0.2) is 9.84 Å². The highest BCUT2D eigenvalue weighted by Gasteiger charge is 2.43. The van der Waals surface area contributed by atoms with Gasteiger partial charge in [0.25, 0.3) is 0 Å². The van der Waals surface area contributed by atoms with Crippen LogP contribution >= 0.6 is 11.6 Å². The van der Waals surface area contributed by atoms with Crippen molar-refractivity contribution in [2.45, 2.75) is 23.3 Å². The molecule has 0 radical (unpaired) electrons. The Bertz CT molecular complexity index is 506. The number of halogens is 1. The Kier molecular flexibility index (Phi) is 2.33. The zero-order chi connectivity index (χ0) is 11.3. The largest absolute Gasteiger partial charge is 0.321 e. The lowest BCUT2D eigenvalue weighted by Gasteiger charge is -2.14. The number of hydrogen-bond acceptors (Lipinski definition) is 3. The van der Waals surface area contributed by atoms with E-state index >= 15 is 0 Å². The fraction of sp³-hybridized carbons (Fsp3) is 0.400. The van der Waals surface area contributed by atoms with E-state index in [0.29, 0.717) is 15.5 Å². The third-order valence-corrected chi connectivity index (χ3v) is 4.06. The van der Waals surface area contributed by atoms with E-state index in [-0.39, 0.29) is 0 Å². The molecule has 3 nitrogen and oxygen atoms in total. The first kappa shape index (κ1) is 10.9. The molecule has 82 valence electrons. The van der Waals surface area contributed by atoms with Crippen molar-refractivity contribution in [1.29, 1.82) is 0 Å². The Balaban J connectivity index is 2.65. The van der Waals surface area contributed by atoms with Crippen LogP contribution in [0, 0.1) is 0 Å². The van der Waals surface area contributed by atoms with E-state index in [2.05, 4.69) is 0 Å². The molecule has 2 N–H and O–H groups in total. The van der Waals surface area contributed by atoms with Gasteiger partial charge in [-0.05, 0) is 36.6 Å². The van der Waals surface area contributed by atoms with Crippen LogP contribution in [-0.2, 0) is 15.4 Å². The zero-order valence-corrected chi connectivity index (χ0v) is 9.90. The van der Waals surface area contributed by atoms with E-state index < -0.39 is 15.4 Å². The Morgan fingerprint density at radius 1 is 1.40 bits per heavy atom. The molecule has 15 heavy (non-hydrogen) atoms. The molecule has 0 aliphatic heterocycles. The van der Waals surface area contributed by atoms with Crippen LogP contribution in [0.25, 0.3) is 0 Å². The molecule has 2 rings (SSSR count). The van der Waals surface area contributed by atoms with Crippen molar-refractivity contribution >= 4 is 21.4 Å². The predicted octanol–water partition coefficient (Wildman–Crippen LogP) is 1.69. The SMILES string of the molecule is CS(=O)(=O)c1ccc(Cl)cc1C1(N)CC1. The van der Waals surface area contributed by atoms with Gasteiger partial charge in [-0.25, -0.2) is 8.42 Å². The predicted molar refractivity (Wildman–Crippen MR) is 59.7 cm³/mol. The number of rotatable bonds is 2. The molecule has 5 heteroatoms. The minimum Gasteiger partial charge on any atom is -0.321 e. The second kappa shape index (κ2) is 3.20. The number of nitrogens with two attached hydrogens (primary N) is 1. The fourth-order valence-corrected chi connectivity index (χ4v) is 2.77. The third-order valence-electron chi connectivity index (χ3n) is 2.67. The van der Waals surface area contributed by atoms with Crippen molar-refractivity contribution < 1.29 is 8.42 Å². The first-order valence-electron chi connectivity index (χ1n) is 4.62. The van der Waals surface area contributed by atoms with Crippen molar-refractivity contribution in [3.63, 3.8) is 0 Å². The van der Waals surface area contributed by atoms with Crippen LogP contribution in [-0.4, -0.2) is 14.7 Å². The van der Waals surface area contributed by atoms with Gasteiger partial charge in [-0.3, -0.25) is 0 Å². The van der Waals surface area contributed by atoms with Crippen LogP contribution < -0.4 is 5.73 Å². The van der Waals surface area contributed by atoms with E-state index in [1.807, 2.05) is 0 Å². The van der Waals surface area contributed by atoms with Gasteiger partial charge in [0.05, 0.1) is 4.90 Å². The summed E-state index contributed by atoms with van der Waals surface area (Å²) >= 11 is 5.85. The van der Waals surface area contributed by atoms with E-state index in [1.165, 1.54) is 12.3 Å². The lowest BCUT2D eigenvalue weighted by molar-refractivity contribution is 0.597. The van der Waals surface area contributed by atoms with E-state index in [0.717, 1.165) is 12.8 Å². The summed E-state index contributed by atoms with van der Waals surface area (Å²) in [6, 6.07) is 4.76. The van der Waals surface area contributed by atoms with Crippen molar-refractivity contribution in [2.75, 3.05) is 6.26 Å². The maximum Gasteiger partial charge on any atom is 0.175 e. The molecule has 0 unspecified atom stereocenters. The summed E-state index contributed by atoms with van der Waals surface area (Å²) in [5, 5.41) is 0.522. The molecule has 1 aromatic rings. The smallest absolute Gasteiger partial charge is 0.175 e. The van der Waals surface area contributed by atoms with Crippen LogP contribution in [0.2, 0.25) is 5.02 Å². The molecule has 1 aromatic carbocycles. The topological polar surface area (TPSA) is 60.2 Å². The second-order valence-electron chi connectivity index (χ2n) is 4.07. The summed E-state index contributed by atoms with van der Waals surface area (Å²) in [5.41, 5.74) is 6.18. The summed E-state index contributed by atoms with van der Waals surface area (Å²) in [6.45, 7) is 0. The quantitative estimate of drug-likeness (QED) is 0.863. The standard InChI is InChI=1S/C10H12ClNO2S/c1-15(13,14)9-3-2-7(11)6-8(9)10(12)4-5-10/h2-3,6H,4-5,12H2,1H3. The van der Waals surface area contributed by atoms with Gasteiger partial charge in [-0.1, -0.05) is 11.6 Å². The first-order chi connectivity index (χ1) is 6.83. The van der Waals surface area contributed by atoms with Gasteiger partial charge >= 0.3 is 0 Å². The van der Waals surface area contributed by atoms with Crippen molar-refractivity contribution in [1.82, 2.24) is 0 Å². The number of benzene rings is 1. The minimum absolute atomic E-state index is 0.298. The van der Waals surface area contributed by atoms with Crippen LogP contribution in [0.4, 0.5) is 0 Å². The average molecular weight is 246 g/mol.